The van der Waals surface area contributed by atoms with E-state index < -0.39 is 5.54 Å². The van der Waals surface area contributed by atoms with Crippen LogP contribution in [0.4, 0.5) is 0 Å². The summed E-state index contributed by atoms with van der Waals surface area (Å²) in [6.07, 6.45) is 6.55. The van der Waals surface area contributed by atoms with Crippen molar-refractivity contribution in [1.29, 1.82) is 0 Å². The van der Waals surface area contributed by atoms with Crippen molar-refractivity contribution in [2.75, 3.05) is 7.11 Å². The molecule has 6 nitrogen and oxygen atoms in total. The van der Waals surface area contributed by atoms with Crippen molar-refractivity contribution in [3.8, 4) is 5.75 Å². The first kappa shape index (κ1) is 26.2. The Morgan fingerprint density at radius 2 is 1.68 bits per heavy atom. The zero-order valence-corrected chi connectivity index (χ0v) is 23.4. The summed E-state index contributed by atoms with van der Waals surface area (Å²) in [5, 5.41) is 4.44. The van der Waals surface area contributed by atoms with Crippen molar-refractivity contribution >= 4 is 22.7 Å². The summed E-state index contributed by atoms with van der Waals surface area (Å²) in [4.78, 5) is 31.2. The third-order valence-corrected chi connectivity index (χ3v) is 8.71. The maximum absolute atomic E-state index is 14.8. The molecule has 0 spiro atoms. The van der Waals surface area contributed by atoms with Crippen LogP contribution in [-0.4, -0.2) is 34.4 Å². The molecule has 0 radical (unpaired) electrons. The second kappa shape index (κ2) is 10.8. The molecule has 1 aromatic heterocycles. The highest BCUT2D eigenvalue weighted by molar-refractivity contribution is 6.04. The molecular formula is C34H37N3O3. The standard InChI is InChI=1S/C34H37N3O3/c1-24-18-19-25-21-30-32(38)37(22-26-12-10-11-17-31(26)40-2)34(23-36(30)29(25)20-24,27-13-6-5-7-14-27)33(39)35-28-15-8-3-4-9-16-28/h5-7,10-14,17-21,28H,3-4,8-9,15-16,22-23H2,1-2H3,(H,35,39). The Balaban J connectivity index is 1.55. The fourth-order valence-corrected chi connectivity index (χ4v) is 6.56. The van der Waals surface area contributed by atoms with Gasteiger partial charge in [-0.05, 0) is 49.1 Å². The normalized spacial score (nSPS) is 19.8. The third-order valence-electron chi connectivity index (χ3n) is 8.71. The van der Waals surface area contributed by atoms with Gasteiger partial charge in [0.15, 0.2) is 5.54 Å². The first-order valence-corrected chi connectivity index (χ1v) is 14.4. The van der Waals surface area contributed by atoms with E-state index in [4.69, 9.17) is 4.74 Å². The fourth-order valence-electron chi connectivity index (χ4n) is 6.56. The average molecular weight is 536 g/mol. The van der Waals surface area contributed by atoms with Gasteiger partial charge in [0, 0.05) is 22.5 Å². The van der Waals surface area contributed by atoms with Crippen molar-refractivity contribution in [1.82, 2.24) is 14.8 Å². The molecule has 2 amide bonds. The van der Waals surface area contributed by atoms with Crippen LogP contribution >= 0.6 is 0 Å². The predicted octanol–water partition coefficient (Wildman–Crippen LogP) is 6.35. The number of fused-ring (bicyclic) bond motifs is 3. The van der Waals surface area contributed by atoms with Gasteiger partial charge < -0.3 is 19.5 Å². The van der Waals surface area contributed by atoms with Crippen molar-refractivity contribution in [3.05, 3.63) is 101 Å². The molecule has 6 heteroatoms. The van der Waals surface area contributed by atoms with Crippen LogP contribution in [0, 0.1) is 6.92 Å². The van der Waals surface area contributed by atoms with Crippen LogP contribution in [0.2, 0.25) is 0 Å². The lowest BCUT2D eigenvalue weighted by Crippen LogP contribution is -2.64. The molecule has 3 aromatic carbocycles. The Kier molecular flexibility index (Phi) is 7.09. The molecule has 6 rings (SSSR count). The second-order valence-electron chi connectivity index (χ2n) is 11.3. The van der Waals surface area contributed by atoms with Gasteiger partial charge in [-0.1, -0.05) is 86.3 Å². The zero-order valence-electron chi connectivity index (χ0n) is 23.4. The number of aromatic nitrogens is 1. The maximum atomic E-state index is 14.8. The molecule has 1 saturated carbocycles. The Morgan fingerprint density at radius 1 is 0.950 bits per heavy atom. The molecule has 4 aromatic rings. The lowest BCUT2D eigenvalue weighted by atomic mass is 9.83. The van der Waals surface area contributed by atoms with E-state index in [2.05, 4.69) is 35.0 Å². The fraction of sp³-hybridized carbons (Fsp3) is 0.353. The summed E-state index contributed by atoms with van der Waals surface area (Å²) in [6, 6.07) is 25.9. The maximum Gasteiger partial charge on any atom is 0.272 e. The largest absolute Gasteiger partial charge is 0.496 e. The number of benzene rings is 3. The number of nitrogens with one attached hydrogen (secondary N) is 1. The number of nitrogens with zero attached hydrogens (tertiary/aromatic N) is 2. The van der Waals surface area contributed by atoms with Crippen molar-refractivity contribution in [2.24, 2.45) is 0 Å². The third kappa shape index (κ3) is 4.55. The van der Waals surface area contributed by atoms with Gasteiger partial charge in [0.1, 0.15) is 11.4 Å². The smallest absolute Gasteiger partial charge is 0.272 e. The van der Waals surface area contributed by atoms with E-state index in [1.54, 1.807) is 12.0 Å². The Hall–Kier alpha value is -4.06. The van der Waals surface area contributed by atoms with E-state index in [9.17, 15) is 9.59 Å². The number of carbonyl (C=O) groups excluding carboxylic acids is 2. The summed E-state index contributed by atoms with van der Waals surface area (Å²) in [5.74, 6) is 0.419. The van der Waals surface area contributed by atoms with Gasteiger partial charge >= 0.3 is 0 Å². The first-order chi connectivity index (χ1) is 19.5. The summed E-state index contributed by atoms with van der Waals surface area (Å²) in [7, 11) is 1.64. The van der Waals surface area contributed by atoms with Crippen LogP contribution in [0.25, 0.3) is 10.9 Å². The number of methoxy groups -OCH3 is 1. The number of hydrogen-bond donors (Lipinski definition) is 1. The summed E-state index contributed by atoms with van der Waals surface area (Å²) in [5.41, 5.74) is 3.12. The number of aryl methyl sites for hydroxylation is 1. The molecular weight excluding hydrogens is 498 g/mol. The van der Waals surface area contributed by atoms with Crippen LogP contribution in [0.3, 0.4) is 0 Å². The Labute approximate surface area is 235 Å². The van der Waals surface area contributed by atoms with E-state index in [-0.39, 0.29) is 24.4 Å². The first-order valence-electron chi connectivity index (χ1n) is 14.4. The van der Waals surface area contributed by atoms with Gasteiger partial charge in [-0.2, -0.15) is 0 Å². The number of amides is 2. The highest BCUT2D eigenvalue weighted by Crippen LogP contribution is 2.41. The summed E-state index contributed by atoms with van der Waals surface area (Å²) < 4.78 is 7.74. The number of para-hydroxylation sites is 1. The molecule has 206 valence electrons. The molecule has 1 aliphatic carbocycles. The highest BCUT2D eigenvalue weighted by atomic mass is 16.5. The van der Waals surface area contributed by atoms with Gasteiger partial charge in [-0.25, -0.2) is 0 Å². The van der Waals surface area contributed by atoms with E-state index in [1.165, 1.54) is 12.8 Å². The topological polar surface area (TPSA) is 63.6 Å². The quantitative estimate of drug-likeness (QED) is 0.293. The number of hydrogen-bond acceptors (Lipinski definition) is 3. The molecule has 2 heterocycles. The molecule has 2 aliphatic rings. The van der Waals surface area contributed by atoms with E-state index >= 15 is 0 Å². The molecule has 1 aliphatic heterocycles. The van der Waals surface area contributed by atoms with Crippen LogP contribution in [-0.2, 0) is 23.4 Å². The van der Waals surface area contributed by atoms with E-state index in [0.29, 0.717) is 18.0 Å². The van der Waals surface area contributed by atoms with Crippen LogP contribution in [0.15, 0.2) is 78.9 Å². The zero-order chi connectivity index (χ0) is 27.7. The van der Waals surface area contributed by atoms with Crippen molar-refractivity contribution in [2.45, 2.75) is 70.1 Å². The lowest BCUT2D eigenvalue weighted by molar-refractivity contribution is -0.136. The Morgan fingerprint density at radius 3 is 2.42 bits per heavy atom. The molecule has 1 unspecified atom stereocenters. The number of ether oxygens (including phenoxy) is 1. The minimum atomic E-state index is -1.24. The van der Waals surface area contributed by atoms with E-state index in [0.717, 1.165) is 53.3 Å². The lowest BCUT2D eigenvalue weighted by Gasteiger charge is -2.47. The van der Waals surface area contributed by atoms with Crippen molar-refractivity contribution < 1.29 is 14.3 Å². The highest BCUT2D eigenvalue weighted by Gasteiger charge is 2.53. The molecule has 0 bridgehead atoms. The molecule has 1 N–H and O–H groups in total. The van der Waals surface area contributed by atoms with Gasteiger partial charge in [0.2, 0.25) is 0 Å². The minimum absolute atomic E-state index is 0.101. The van der Waals surface area contributed by atoms with Gasteiger partial charge in [0.05, 0.1) is 20.2 Å². The molecule has 40 heavy (non-hydrogen) atoms. The molecule has 1 atom stereocenters. The number of rotatable bonds is 6. The SMILES string of the molecule is COc1ccccc1CN1C(=O)c2cc3ccc(C)cc3n2CC1(C(=O)NC1CCCCCC1)c1ccccc1. The second-order valence-corrected chi connectivity index (χ2v) is 11.3. The molecule has 1 fully saturated rings. The van der Waals surface area contributed by atoms with Crippen LogP contribution in [0.1, 0.15) is 65.7 Å². The van der Waals surface area contributed by atoms with Crippen LogP contribution in [0.5, 0.6) is 5.75 Å². The predicted molar refractivity (Wildman–Crippen MR) is 157 cm³/mol. The van der Waals surface area contributed by atoms with Crippen LogP contribution < -0.4 is 10.1 Å². The Bertz CT molecular complexity index is 1530. The van der Waals surface area contributed by atoms with Gasteiger partial charge in [0.25, 0.3) is 11.8 Å². The monoisotopic (exact) mass is 535 g/mol. The number of carbonyl (C=O) groups is 2. The summed E-state index contributed by atoms with van der Waals surface area (Å²) in [6.45, 7) is 2.64. The summed E-state index contributed by atoms with van der Waals surface area (Å²) >= 11 is 0. The van der Waals surface area contributed by atoms with E-state index in [1.807, 2.05) is 60.7 Å². The average Bonchev–Trinajstić information content (AvgIpc) is 3.13. The van der Waals surface area contributed by atoms with Gasteiger partial charge in [-0.15, -0.1) is 0 Å². The van der Waals surface area contributed by atoms with Crippen molar-refractivity contribution in [3.63, 3.8) is 0 Å². The minimum Gasteiger partial charge on any atom is -0.496 e. The molecule has 0 saturated heterocycles. The van der Waals surface area contributed by atoms with Gasteiger partial charge in [-0.3, -0.25) is 9.59 Å².